The van der Waals surface area contributed by atoms with Crippen LogP contribution in [0.2, 0.25) is 5.02 Å². The van der Waals surface area contributed by atoms with E-state index in [9.17, 15) is 8.42 Å². The van der Waals surface area contributed by atoms with Crippen molar-refractivity contribution in [3.63, 3.8) is 0 Å². The fourth-order valence-corrected chi connectivity index (χ4v) is 3.34. The molecule has 2 rings (SSSR count). The number of hydrogen-bond acceptors (Lipinski definition) is 3. The molecule has 0 saturated heterocycles. The van der Waals surface area contributed by atoms with Crippen molar-refractivity contribution in [2.45, 2.75) is 18.7 Å². The van der Waals surface area contributed by atoms with Crippen LogP contribution in [0.25, 0.3) is 0 Å². The SMILES string of the molecule is Cc1ccc(N)c(C)c1NS(=O)(=O)c1cccc(Cl)c1. The summed E-state index contributed by atoms with van der Waals surface area (Å²) in [6, 6.07) is 9.64. The molecule has 3 N–H and O–H groups in total. The molecule has 0 aromatic heterocycles. The normalized spacial score (nSPS) is 11.3. The Morgan fingerprint density at radius 1 is 1.15 bits per heavy atom. The Balaban J connectivity index is 2.47. The first-order valence-corrected chi connectivity index (χ1v) is 7.81. The van der Waals surface area contributed by atoms with Crippen LogP contribution in [0, 0.1) is 13.8 Å². The predicted molar refractivity (Wildman–Crippen MR) is 82.6 cm³/mol. The molecular weight excluding hydrogens is 296 g/mol. The fourth-order valence-electron chi connectivity index (χ4n) is 1.85. The third kappa shape index (κ3) is 2.89. The van der Waals surface area contributed by atoms with Gasteiger partial charge in [0.15, 0.2) is 0 Å². The number of hydrogen-bond donors (Lipinski definition) is 2. The van der Waals surface area contributed by atoms with Crippen molar-refractivity contribution >= 4 is 33.0 Å². The van der Waals surface area contributed by atoms with Gasteiger partial charge in [0, 0.05) is 10.7 Å². The minimum atomic E-state index is -3.69. The van der Waals surface area contributed by atoms with Crippen LogP contribution in [-0.2, 0) is 10.0 Å². The summed E-state index contributed by atoms with van der Waals surface area (Å²) >= 11 is 5.83. The average Bonchev–Trinajstić information content (AvgIpc) is 2.39. The van der Waals surface area contributed by atoms with Gasteiger partial charge < -0.3 is 5.73 Å². The molecule has 0 radical (unpaired) electrons. The molecule has 0 fully saturated rings. The Hall–Kier alpha value is -1.72. The molecule has 2 aromatic rings. The van der Waals surface area contributed by atoms with E-state index >= 15 is 0 Å². The highest BCUT2D eigenvalue weighted by Gasteiger charge is 2.17. The van der Waals surface area contributed by atoms with E-state index in [1.807, 2.05) is 6.92 Å². The van der Waals surface area contributed by atoms with Crippen molar-refractivity contribution in [2.75, 3.05) is 10.5 Å². The number of rotatable bonds is 3. The first kappa shape index (κ1) is 14.7. The largest absolute Gasteiger partial charge is 0.398 e. The van der Waals surface area contributed by atoms with Gasteiger partial charge in [0.1, 0.15) is 0 Å². The van der Waals surface area contributed by atoms with Crippen LogP contribution in [0.4, 0.5) is 11.4 Å². The number of halogens is 1. The smallest absolute Gasteiger partial charge is 0.261 e. The molecule has 0 spiro atoms. The molecule has 0 heterocycles. The van der Waals surface area contributed by atoms with Crippen molar-refractivity contribution in [1.29, 1.82) is 0 Å². The van der Waals surface area contributed by atoms with E-state index in [0.29, 0.717) is 22.0 Å². The fraction of sp³-hybridized carbons (Fsp3) is 0.143. The van der Waals surface area contributed by atoms with Gasteiger partial charge in [-0.1, -0.05) is 23.7 Å². The highest BCUT2D eigenvalue weighted by Crippen LogP contribution is 2.28. The van der Waals surface area contributed by atoms with Crippen molar-refractivity contribution in [1.82, 2.24) is 0 Å². The van der Waals surface area contributed by atoms with Crippen LogP contribution >= 0.6 is 11.6 Å². The molecule has 0 bridgehead atoms. The Morgan fingerprint density at radius 2 is 1.85 bits per heavy atom. The molecular formula is C14H15ClN2O2S. The lowest BCUT2D eigenvalue weighted by molar-refractivity contribution is 0.601. The molecule has 0 aliphatic carbocycles. The number of nitrogens with one attached hydrogen (secondary N) is 1. The molecule has 0 saturated carbocycles. The summed E-state index contributed by atoms with van der Waals surface area (Å²) in [6.45, 7) is 3.60. The highest BCUT2D eigenvalue weighted by atomic mass is 35.5. The first-order valence-electron chi connectivity index (χ1n) is 5.95. The molecule has 0 atom stereocenters. The molecule has 0 aliphatic rings. The maximum absolute atomic E-state index is 12.4. The van der Waals surface area contributed by atoms with Crippen LogP contribution < -0.4 is 10.5 Å². The van der Waals surface area contributed by atoms with Crippen LogP contribution in [-0.4, -0.2) is 8.42 Å². The number of benzene rings is 2. The van der Waals surface area contributed by atoms with E-state index in [0.717, 1.165) is 5.56 Å². The van der Waals surface area contributed by atoms with Gasteiger partial charge in [0.25, 0.3) is 10.0 Å². The standard InChI is InChI=1S/C14H15ClN2O2S/c1-9-6-7-13(16)10(2)14(9)17-20(18,19)12-5-3-4-11(15)8-12/h3-8,17H,16H2,1-2H3. The number of anilines is 2. The molecule has 0 aliphatic heterocycles. The van der Waals surface area contributed by atoms with Crippen LogP contribution in [0.3, 0.4) is 0 Å². The van der Waals surface area contributed by atoms with Gasteiger partial charge in [-0.25, -0.2) is 8.42 Å². The van der Waals surface area contributed by atoms with Gasteiger partial charge in [0.2, 0.25) is 0 Å². The van der Waals surface area contributed by atoms with E-state index in [1.165, 1.54) is 12.1 Å². The number of aryl methyl sites for hydroxylation is 1. The van der Waals surface area contributed by atoms with Gasteiger partial charge in [-0.2, -0.15) is 0 Å². The van der Waals surface area contributed by atoms with E-state index in [4.69, 9.17) is 17.3 Å². The highest BCUT2D eigenvalue weighted by molar-refractivity contribution is 7.92. The third-order valence-corrected chi connectivity index (χ3v) is 4.64. The zero-order valence-electron chi connectivity index (χ0n) is 11.1. The third-order valence-electron chi connectivity index (χ3n) is 3.06. The quantitative estimate of drug-likeness (QED) is 0.854. The predicted octanol–water partition coefficient (Wildman–Crippen LogP) is 3.34. The minimum absolute atomic E-state index is 0.117. The molecule has 4 nitrogen and oxygen atoms in total. The molecule has 2 aromatic carbocycles. The molecule has 20 heavy (non-hydrogen) atoms. The lowest BCUT2D eigenvalue weighted by atomic mass is 10.1. The van der Waals surface area contributed by atoms with Crippen LogP contribution in [0.15, 0.2) is 41.3 Å². The molecule has 0 amide bonds. The van der Waals surface area contributed by atoms with Gasteiger partial charge >= 0.3 is 0 Å². The first-order chi connectivity index (χ1) is 9.31. The summed E-state index contributed by atoms with van der Waals surface area (Å²) in [4.78, 5) is 0.117. The van der Waals surface area contributed by atoms with Crippen molar-refractivity contribution < 1.29 is 8.42 Å². The minimum Gasteiger partial charge on any atom is -0.398 e. The van der Waals surface area contributed by atoms with E-state index in [-0.39, 0.29) is 4.90 Å². The number of nitrogens with two attached hydrogens (primary N) is 1. The molecule has 0 unspecified atom stereocenters. The van der Waals surface area contributed by atoms with Gasteiger partial charge in [-0.15, -0.1) is 0 Å². The monoisotopic (exact) mass is 310 g/mol. The van der Waals surface area contributed by atoms with Gasteiger partial charge in [-0.3, -0.25) is 4.72 Å². The molecule has 106 valence electrons. The van der Waals surface area contributed by atoms with E-state index < -0.39 is 10.0 Å². The summed E-state index contributed by atoms with van der Waals surface area (Å²) in [5.74, 6) is 0. The Bertz CT molecular complexity index is 758. The zero-order valence-corrected chi connectivity index (χ0v) is 12.7. The summed E-state index contributed by atoms with van der Waals surface area (Å²) in [5.41, 5.74) is 8.37. The second-order valence-corrected chi connectivity index (χ2v) is 6.65. The topological polar surface area (TPSA) is 72.2 Å². The summed E-state index contributed by atoms with van der Waals surface area (Å²) in [7, 11) is -3.69. The molecule has 6 heteroatoms. The van der Waals surface area contributed by atoms with E-state index in [1.54, 1.807) is 31.2 Å². The van der Waals surface area contributed by atoms with Gasteiger partial charge in [-0.05, 0) is 49.2 Å². The van der Waals surface area contributed by atoms with Crippen molar-refractivity contribution in [3.8, 4) is 0 Å². The maximum Gasteiger partial charge on any atom is 0.261 e. The average molecular weight is 311 g/mol. The van der Waals surface area contributed by atoms with E-state index in [2.05, 4.69) is 4.72 Å². The summed E-state index contributed by atoms with van der Waals surface area (Å²) < 4.78 is 27.3. The Kier molecular flexibility index (Phi) is 3.92. The second kappa shape index (κ2) is 5.34. The lowest BCUT2D eigenvalue weighted by Crippen LogP contribution is -2.15. The van der Waals surface area contributed by atoms with Crippen LogP contribution in [0.5, 0.6) is 0 Å². The zero-order chi connectivity index (χ0) is 14.9. The lowest BCUT2D eigenvalue weighted by Gasteiger charge is -2.15. The summed E-state index contributed by atoms with van der Waals surface area (Å²) in [6.07, 6.45) is 0. The number of nitrogen functional groups attached to an aromatic ring is 1. The maximum atomic E-state index is 12.4. The second-order valence-electron chi connectivity index (χ2n) is 4.53. The van der Waals surface area contributed by atoms with Gasteiger partial charge in [0.05, 0.1) is 10.6 Å². The van der Waals surface area contributed by atoms with Crippen LogP contribution in [0.1, 0.15) is 11.1 Å². The summed E-state index contributed by atoms with van der Waals surface area (Å²) in [5, 5.41) is 0.369. The Labute approximate surface area is 123 Å². The Morgan fingerprint density at radius 3 is 2.50 bits per heavy atom. The number of sulfonamides is 1. The van der Waals surface area contributed by atoms with Crippen molar-refractivity contribution in [2.24, 2.45) is 0 Å². The van der Waals surface area contributed by atoms with Crippen molar-refractivity contribution in [3.05, 3.63) is 52.5 Å².